The Hall–Kier alpha value is 0.0300. The van der Waals surface area contributed by atoms with Gasteiger partial charge in [0.1, 0.15) is 0 Å². The van der Waals surface area contributed by atoms with Crippen LogP contribution in [0.1, 0.15) is 12.8 Å². The Balaban J connectivity index is 1.87. The maximum absolute atomic E-state index is 9.96. The molecule has 0 saturated carbocycles. The molecule has 0 bridgehead atoms. The van der Waals surface area contributed by atoms with E-state index in [0.29, 0.717) is 13.0 Å². The van der Waals surface area contributed by atoms with Crippen LogP contribution in [0.25, 0.3) is 0 Å². The van der Waals surface area contributed by atoms with Crippen molar-refractivity contribution in [1.29, 1.82) is 0 Å². The quantitative estimate of drug-likeness (QED) is 0.262. The molecule has 5 unspecified atom stereocenters. The molecule has 8 N–H and O–H groups in total. The van der Waals surface area contributed by atoms with E-state index in [4.69, 9.17) is 25.2 Å². The summed E-state index contributed by atoms with van der Waals surface area (Å²) in [6, 6.07) is 0. The van der Waals surface area contributed by atoms with E-state index in [1.54, 1.807) is 0 Å². The van der Waals surface area contributed by atoms with E-state index in [-0.39, 0.29) is 19.2 Å². The fourth-order valence-electron chi connectivity index (χ4n) is 2.39. The van der Waals surface area contributed by atoms with Gasteiger partial charge in [0.25, 0.3) is 0 Å². The van der Waals surface area contributed by atoms with Crippen LogP contribution in [0.3, 0.4) is 0 Å². The molecule has 10 nitrogen and oxygen atoms in total. The number of nitrogens with one attached hydrogen (secondary N) is 1. The summed E-state index contributed by atoms with van der Waals surface area (Å²) in [5.41, 5.74) is 5.64. The van der Waals surface area contributed by atoms with Crippen molar-refractivity contribution >= 4 is 8.17 Å². The first-order chi connectivity index (χ1) is 9.26. The number of hydrogen-bond donors (Lipinski definition) is 7. The van der Waals surface area contributed by atoms with Gasteiger partial charge in [-0.2, -0.15) is 0 Å². The molecule has 2 fully saturated rings. The molecule has 0 radical (unpaired) electrons. The van der Waals surface area contributed by atoms with E-state index in [0.717, 1.165) is 0 Å². The number of nitrogens with two attached hydrogens (primary N) is 1. The molecule has 2 saturated heterocycles. The monoisotopic (exact) mass is 315 g/mol. The predicted molar refractivity (Wildman–Crippen MR) is 68.6 cm³/mol. The van der Waals surface area contributed by atoms with E-state index in [2.05, 4.69) is 9.84 Å². The Morgan fingerprint density at radius 2 is 2.05 bits per heavy atom. The Labute approximate surface area is 116 Å². The molecule has 11 heteroatoms. The molecule has 0 aromatic rings. The minimum absolute atomic E-state index is 0.199. The molecule has 0 amide bonds. The van der Waals surface area contributed by atoms with Gasteiger partial charge in [-0.1, -0.05) is 0 Å². The van der Waals surface area contributed by atoms with Crippen LogP contribution in [0.4, 0.5) is 0 Å². The number of rotatable bonds is 4. The molecule has 2 heterocycles. The summed E-state index contributed by atoms with van der Waals surface area (Å²) in [5.74, 6) is 0. The average Bonchev–Trinajstić information content (AvgIpc) is 2.67. The Bertz CT molecular complexity index is 331. The second-order valence-electron chi connectivity index (χ2n) is 5.01. The predicted octanol–water partition coefficient (Wildman–Crippen LogP) is -3.28. The van der Waals surface area contributed by atoms with Crippen LogP contribution in [0.15, 0.2) is 0 Å². The summed E-state index contributed by atoms with van der Waals surface area (Å²) in [6.07, 6.45) is -2.76. The van der Waals surface area contributed by atoms with Gasteiger partial charge in [0.05, 0.1) is 0 Å². The number of ether oxygens (including phenoxy) is 1. The fourth-order valence-corrected chi connectivity index (χ4v) is 2.80. The zero-order valence-corrected chi connectivity index (χ0v) is 11.8. The molecule has 2 aliphatic rings. The summed E-state index contributed by atoms with van der Waals surface area (Å²) in [5, 5.41) is 22.5. The van der Waals surface area contributed by atoms with Gasteiger partial charge in [-0.3, -0.25) is 0 Å². The normalized spacial score (nSPS) is 41.0. The standard InChI is InChI=1S/C9H22N3O7P/c10-7-1-2-12(9(14)11-7)8-6(13)3-5(19-8)4-18-20(15,16)17/h5-9,11,13-17,20H,1-4,10H2. The van der Waals surface area contributed by atoms with Crippen LogP contribution in [0.2, 0.25) is 0 Å². The molecule has 0 aromatic carbocycles. The van der Waals surface area contributed by atoms with Gasteiger partial charge >= 0.3 is 115 Å². The fraction of sp³-hybridized carbons (Fsp3) is 1.00. The number of nitrogens with zero attached hydrogens (tertiary/aromatic N) is 1. The molecule has 2 aliphatic heterocycles. The van der Waals surface area contributed by atoms with Crippen LogP contribution < -0.4 is 11.1 Å². The van der Waals surface area contributed by atoms with Gasteiger partial charge in [0, 0.05) is 0 Å². The molecule has 2 rings (SSSR count). The van der Waals surface area contributed by atoms with Crippen LogP contribution in [-0.2, 0) is 9.26 Å². The summed E-state index contributed by atoms with van der Waals surface area (Å²) in [7, 11) is -4.58. The molecule has 0 aromatic heterocycles. The molecule has 20 heavy (non-hydrogen) atoms. The van der Waals surface area contributed by atoms with E-state index in [1.165, 1.54) is 4.90 Å². The first-order valence-electron chi connectivity index (χ1n) is 6.36. The van der Waals surface area contributed by atoms with Crippen molar-refractivity contribution in [3.63, 3.8) is 0 Å². The SMILES string of the molecule is NC1CCN(C2OC(CO[PH](O)(O)O)CC2O)C(O)N1. The van der Waals surface area contributed by atoms with Crippen molar-refractivity contribution in [2.45, 2.75) is 43.8 Å². The van der Waals surface area contributed by atoms with Crippen molar-refractivity contribution in [3.05, 3.63) is 0 Å². The summed E-state index contributed by atoms with van der Waals surface area (Å²) < 4.78 is 10.0. The van der Waals surface area contributed by atoms with Gasteiger partial charge in [0.2, 0.25) is 0 Å². The average molecular weight is 315 g/mol. The van der Waals surface area contributed by atoms with Gasteiger partial charge in [-0.05, 0) is 0 Å². The van der Waals surface area contributed by atoms with Gasteiger partial charge in [-0.25, -0.2) is 0 Å². The van der Waals surface area contributed by atoms with Crippen LogP contribution >= 0.6 is 8.17 Å². The number of aliphatic hydroxyl groups excluding tert-OH is 2. The molecular weight excluding hydrogens is 293 g/mol. The third-order valence-electron chi connectivity index (χ3n) is 3.33. The van der Waals surface area contributed by atoms with Gasteiger partial charge in [-0.15, -0.1) is 0 Å². The van der Waals surface area contributed by atoms with Crippen molar-refractivity contribution in [2.75, 3.05) is 13.2 Å². The first-order valence-corrected chi connectivity index (χ1v) is 8.11. The van der Waals surface area contributed by atoms with E-state index in [9.17, 15) is 10.2 Å². The topological polar surface area (TPSA) is 161 Å². The van der Waals surface area contributed by atoms with Gasteiger partial charge < -0.3 is 0 Å². The summed E-state index contributed by atoms with van der Waals surface area (Å²) >= 11 is 0. The molecule has 0 spiro atoms. The van der Waals surface area contributed by atoms with Crippen LogP contribution in [0, 0.1) is 0 Å². The molecule has 120 valence electrons. The Morgan fingerprint density at radius 1 is 1.35 bits per heavy atom. The maximum atomic E-state index is 9.96. The Kier molecular flexibility index (Phi) is 5.27. The zero-order chi connectivity index (χ0) is 14.9. The molecular formula is C9H22N3O7P. The molecule has 0 aliphatic carbocycles. The number of aliphatic hydroxyl groups is 2. The molecule has 5 atom stereocenters. The van der Waals surface area contributed by atoms with E-state index in [1.807, 2.05) is 0 Å². The zero-order valence-electron chi connectivity index (χ0n) is 10.8. The van der Waals surface area contributed by atoms with Crippen molar-refractivity contribution < 1.29 is 34.2 Å². The third kappa shape index (κ3) is 4.26. The second-order valence-corrected chi connectivity index (χ2v) is 6.45. The third-order valence-corrected chi connectivity index (χ3v) is 3.88. The van der Waals surface area contributed by atoms with Crippen molar-refractivity contribution in [3.8, 4) is 0 Å². The summed E-state index contributed by atoms with van der Waals surface area (Å²) in [4.78, 5) is 27.8. The second kappa shape index (κ2) is 6.42. The summed E-state index contributed by atoms with van der Waals surface area (Å²) in [6.45, 7) is 0.198. The van der Waals surface area contributed by atoms with E-state index >= 15 is 0 Å². The Morgan fingerprint density at radius 3 is 2.65 bits per heavy atom. The van der Waals surface area contributed by atoms with Crippen LogP contribution in [0.5, 0.6) is 0 Å². The van der Waals surface area contributed by atoms with E-state index < -0.39 is 33.0 Å². The first kappa shape index (κ1) is 16.4. The van der Waals surface area contributed by atoms with Crippen molar-refractivity contribution in [2.24, 2.45) is 5.73 Å². The number of hydrogen-bond acceptors (Lipinski definition) is 10. The minimum atomic E-state index is -4.58. The van der Waals surface area contributed by atoms with Crippen LogP contribution in [-0.4, -0.2) is 73.9 Å². The van der Waals surface area contributed by atoms with Crippen molar-refractivity contribution in [1.82, 2.24) is 10.2 Å². The van der Waals surface area contributed by atoms with Gasteiger partial charge in [0.15, 0.2) is 0 Å².